The molecule has 7 nitrogen and oxygen atoms in total. The van der Waals surface area contributed by atoms with Crippen molar-refractivity contribution in [2.75, 3.05) is 32.3 Å². The summed E-state index contributed by atoms with van der Waals surface area (Å²) in [7, 11) is 3.59. The number of piperidine rings is 1. The summed E-state index contributed by atoms with van der Waals surface area (Å²) in [5.74, 6) is -0.273. The Labute approximate surface area is 196 Å². The first-order valence-electron chi connectivity index (χ1n) is 11.2. The number of fused-ring (bicyclic) bond motifs is 1. The highest BCUT2D eigenvalue weighted by Gasteiger charge is 2.34. The number of benzene rings is 2. The predicted octanol–water partition coefficient (Wildman–Crippen LogP) is 5.02. The second-order valence-electron chi connectivity index (χ2n) is 8.51. The summed E-state index contributed by atoms with van der Waals surface area (Å²) >= 11 is 0. The van der Waals surface area contributed by atoms with Crippen molar-refractivity contribution in [3.8, 4) is 5.75 Å². The molecule has 2 atom stereocenters. The lowest BCUT2D eigenvalue weighted by Gasteiger charge is -2.45. The van der Waals surface area contributed by atoms with E-state index in [2.05, 4.69) is 9.99 Å². The summed E-state index contributed by atoms with van der Waals surface area (Å²) in [4.78, 5) is 14.6. The number of carboxylic acid groups (broad SMARTS) is 1. The average Bonchev–Trinajstić information content (AvgIpc) is 3.32. The minimum Gasteiger partial charge on any atom is -0.494 e. The molecule has 2 N–H and O–H groups in total. The largest absolute Gasteiger partial charge is 0.494 e. The van der Waals surface area contributed by atoms with Gasteiger partial charge in [0, 0.05) is 25.2 Å². The molecule has 1 fully saturated rings. The second-order valence-corrected chi connectivity index (χ2v) is 8.51. The molecule has 1 aliphatic rings. The molecule has 1 saturated heterocycles. The van der Waals surface area contributed by atoms with Crippen molar-refractivity contribution in [1.29, 1.82) is 0 Å². The van der Waals surface area contributed by atoms with E-state index in [1.54, 1.807) is 31.4 Å². The number of anilines is 1. The van der Waals surface area contributed by atoms with E-state index in [-0.39, 0.29) is 17.7 Å². The lowest BCUT2D eigenvalue weighted by molar-refractivity contribution is -0.0600. The van der Waals surface area contributed by atoms with Crippen molar-refractivity contribution in [2.45, 2.75) is 38.3 Å². The van der Waals surface area contributed by atoms with E-state index < -0.39 is 19.0 Å². The fourth-order valence-electron chi connectivity index (χ4n) is 4.78. The number of alkyl halides is 2. The number of aromatic nitrogens is 1. The molecule has 1 aromatic heterocycles. The number of ether oxygens (including phenoxy) is 2. The topological polar surface area (TPSA) is 78.0 Å². The normalized spacial score (nSPS) is 19.0. The van der Waals surface area contributed by atoms with Crippen molar-refractivity contribution >= 4 is 22.6 Å². The summed E-state index contributed by atoms with van der Waals surface area (Å²) in [5, 5.41) is 14.5. The molecule has 3 aromatic rings. The number of rotatable bonds is 8. The third kappa shape index (κ3) is 4.71. The van der Waals surface area contributed by atoms with E-state index >= 15 is 0 Å². The van der Waals surface area contributed by atoms with Crippen LogP contribution in [0.15, 0.2) is 42.6 Å². The van der Waals surface area contributed by atoms with Gasteiger partial charge >= 0.3 is 5.97 Å². The number of aromatic amines is 1. The fraction of sp³-hybridized carbons (Fsp3) is 0.400. The third-order valence-corrected chi connectivity index (χ3v) is 6.43. The maximum Gasteiger partial charge on any atom is 0.335 e. The number of aryl methyl sites for hydroxylation is 1. The number of carboxylic acids is 1. The van der Waals surface area contributed by atoms with Gasteiger partial charge in [-0.05, 0) is 55.2 Å². The first-order valence-corrected chi connectivity index (χ1v) is 11.2. The van der Waals surface area contributed by atoms with Gasteiger partial charge in [0.1, 0.15) is 18.0 Å². The Hall–Kier alpha value is -3.17. The Morgan fingerprint density at radius 1 is 1.29 bits per heavy atom. The number of hydrazine groups is 1. The van der Waals surface area contributed by atoms with Crippen molar-refractivity contribution in [3.05, 3.63) is 59.3 Å². The van der Waals surface area contributed by atoms with Crippen LogP contribution in [-0.2, 0) is 4.74 Å². The van der Waals surface area contributed by atoms with E-state index in [1.165, 1.54) is 0 Å². The van der Waals surface area contributed by atoms with Gasteiger partial charge in [0.05, 0.1) is 30.3 Å². The Bertz CT molecular complexity index is 1150. The highest BCUT2D eigenvalue weighted by Crippen LogP contribution is 2.42. The number of nitrogens with one attached hydrogen (secondary N) is 1. The van der Waals surface area contributed by atoms with Crippen molar-refractivity contribution < 1.29 is 28.2 Å². The molecule has 182 valence electrons. The van der Waals surface area contributed by atoms with Crippen LogP contribution < -0.4 is 9.75 Å². The standard InChI is InChI=1S/C25H29F2N3O4/c1-15-12-21(33-3)24(19-8-10-28-23(15)19)29(2)30-11-9-18(34-14-22(26)27)13-20(30)16-4-6-17(7-5-16)25(31)32/h4-8,10,12,18,20,22,28H,9,11,13-14H2,1-3H3,(H,31,32)/t18-,20+/m1/s1. The van der Waals surface area contributed by atoms with Crippen molar-refractivity contribution in [3.63, 3.8) is 0 Å². The molecule has 0 saturated carbocycles. The molecule has 2 aromatic carbocycles. The van der Waals surface area contributed by atoms with Crippen LogP contribution in [0, 0.1) is 6.92 Å². The Morgan fingerprint density at radius 2 is 2.03 bits per heavy atom. The molecule has 0 unspecified atom stereocenters. The monoisotopic (exact) mass is 473 g/mol. The summed E-state index contributed by atoms with van der Waals surface area (Å²) in [6.45, 7) is 1.99. The van der Waals surface area contributed by atoms with Crippen molar-refractivity contribution in [1.82, 2.24) is 9.99 Å². The Morgan fingerprint density at radius 3 is 2.68 bits per heavy atom. The van der Waals surface area contributed by atoms with Crippen LogP contribution in [0.3, 0.4) is 0 Å². The van der Waals surface area contributed by atoms with Crippen LogP contribution in [0.5, 0.6) is 5.75 Å². The highest BCUT2D eigenvalue weighted by molar-refractivity contribution is 5.97. The van der Waals surface area contributed by atoms with Gasteiger partial charge in [-0.25, -0.2) is 18.6 Å². The zero-order valence-electron chi connectivity index (χ0n) is 19.4. The minimum absolute atomic E-state index is 0.194. The molecule has 0 aliphatic carbocycles. The quantitative estimate of drug-likeness (QED) is 0.478. The van der Waals surface area contributed by atoms with E-state index in [9.17, 15) is 18.7 Å². The summed E-state index contributed by atoms with van der Waals surface area (Å²) in [5.41, 5.74) is 4.05. The first-order chi connectivity index (χ1) is 16.3. The molecular weight excluding hydrogens is 444 g/mol. The van der Waals surface area contributed by atoms with Gasteiger partial charge in [0.25, 0.3) is 6.43 Å². The average molecular weight is 474 g/mol. The van der Waals surface area contributed by atoms with Gasteiger partial charge in [-0.3, -0.25) is 0 Å². The van der Waals surface area contributed by atoms with E-state index in [1.807, 2.05) is 37.3 Å². The number of methoxy groups -OCH3 is 1. The molecule has 9 heteroatoms. The van der Waals surface area contributed by atoms with E-state index in [0.717, 1.165) is 33.5 Å². The van der Waals surface area contributed by atoms with Crippen LogP contribution in [0.1, 0.15) is 40.4 Å². The van der Waals surface area contributed by atoms with E-state index in [0.29, 0.717) is 19.4 Å². The maximum atomic E-state index is 12.8. The van der Waals surface area contributed by atoms with Crippen LogP contribution in [0.4, 0.5) is 14.5 Å². The van der Waals surface area contributed by atoms with Gasteiger partial charge in [-0.2, -0.15) is 0 Å². The number of halogens is 2. The van der Waals surface area contributed by atoms with Crippen LogP contribution in [-0.4, -0.2) is 60.9 Å². The summed E-state index contributed by atoms with van der Waals surface area (Å²) in [6, 6.07) is 10.5. The number of hydrogen-bond acceptors (Lipinski definition) is 5. The lowest BCUT2D eigenvalue weighted by atomic mass is 9.93. The number of nitrogens with zero attached hydrogens (tertiary/aromatic N) is 2. The number of H-pyrrole nitrogens is 1. The minimum atomic E-state index is -2.52. The smallest absolute Gasteiger partial charge is 0.335 e. The third-order valence-electron chi connectivity index (χ3n) is 6.43. The zero-order valence-corrected chi connectivity index (χ0v) is 19.4. The van der Waals surface area contributed by atoms with E-state index in [4.69, 9.17) is 9.47 Å². The molecular formula is C25H29F2N3O4. The van der Waals surface area contributed by atoms with Crippen LogP contribution in [0.25, 0.3) is 10.9 Å². The second kappa shape index (κ2) is 9.99. The molecule has 0 bridgehead atoms. The van der Waals surface area contributed by atoms with Gasteiger partial charge < -0.3 is 24.6 Å². The molecule has 0 spiro atoms. The fourth-order valence-corrected chi connectivity index (χ4v) is 4.78. The molecule has 0 amide bonds. The maximum absolute atomic E-state index is 12.8. The SMILES string of the molecule is COc1cc(C)c2[nH]ccc2c1N(C)N1CC[C@@H](OCC(F)F)C[C@H]1c1ccc(C(=O)O)cc1. The molecule has 34 heavy (non-hydrogen) atoms. The predicted molar refractivity (Wildman–Crippen MR) is 126 cm³/mol. The summed E-state index contributed by atoms with van der Waals surface area (Å²) < 4.78 is 36.8. The Balaban J connectivity index is 1.71. The highest BCUT2D eigenvalue weighted by atomic mass is 19.3. The van der Waals surface area contributed by atoms with Crippen LogP contribution >= 0.6 is 0 Å². The zero-order chi connectivity index (χ0) is 24.4. The molecule has 4 rings (SSSR count). The van der Waals surface area contributed by atoms with Crippen molar-refractivity contribution in [2.24, 2.45) is 0 Å². The number of carbonyl (C=O) groups is 1. The molecule has 1 aliphatic heterocycles. The van der Waals surface area contributed by atoms with Gasteiger partial charge in [-0.1, -0.05) is 12.1 Å². The van der Waals surface area contributed by atoms with Gasteiger partial charge in [0.2, 0.25) is 0 Å². The molecule has 2 heterocycles. The van der Waals surface area contributed by atoms with Crippen LogP contribution in [0.2, 0.25) is 0 Å². The Kier molecular flexibility index (Phi) is 7.04. The number of hydrogen-bond donors (Lipinski definition) is 2. The lowest BCUT2D eigenvalue weighted by Crippen LogP contribution is -2.49. The summed E-state index contributed by atoms with van der Waals surface area (Å²) in [6.07, 6.45) is 0.128. The van der Waals surface area contributed by atoms with Gasteiger partial charge in [-0.15, -0.1) is 0 Å². The molecule has 0 radical (unpaired) electrons. The van der Waals surface area contributed by atoms with Gasteiger partial charge in [0.15, 0.2) is 0 Å². The number of aromatic carboxylic acids is 1. The first kappa shape index (κ1) is 24.0.